The third-order valence-corrected chi connectivity index (χ3v) is 7.59. The first kappa shape index (κ1) is 22.7. The minimum atomic E-state index is -0.748. The predicted molar refractivity (Wildman–Crippen MR) is 106 cm³/mol. The molecule has 0 bridgehead atoms. The van der Waals surface area contributed by atoms with Crippen molar-refractivity contribution in [3.05, 3.63) is 44.7 Å². The number of benzene rings is 1. The number of carbonyl (C=O) groups excluding carboxylic acids is 1. The Bertz CT molecular complexity index is 706. The van der Waals surface area contributed by atoms with Crippen LogP contribution in [0.5, 0.6) is 0 Å². The van der Waals surface area contributed by atoms with E-state index in [1.807, 2.05) is 0 Å². The quantitative estimate of drug-likeness (QED) is 0.126. The molecule has 0 aromatic heterocycles. The Labute approximate surface area is 185 Å². The Kier molecular flexibility index (Phi) is 9.38. The molecular formula is C11Cl10OS. The summed E-state index contributed by atoms with van der Waals surface area (Å²) in [5.74, 6) is 0. The molecule has 0 unspecified atom stereocenters. The smallest absolute Gasteiger partial charge is 0.237 e. The van der Waals surface area contributed by atoms with Crippen molar-refractivity contribution in [2.24, 2.45) is 0 Å². The highest BCUT2D eigenvalue weighted by Gasteiger charge is 2.24. The lowest BCUT2D eigenvalue weighted by Crippen LogP contribution is -1.96. The third kappa shape index (κ3) is 5.30. The summed E-state index contributed by atoms with van der Waals surface area (Å²) in [7, 11) is 0. The maximum Gasteiger partial charge on any atom is 0.237 e. The lowest BCUT2D eigenvalue weighted by atomic mass is 10.3. The van der Waals surface area contributed by atoms with Crippen molar-refractivity contribution < 1.29 is 4.79 Å². The zero-order chi connectivity index (χ0) is 18.1. The van der Waals surface area contributed by atoms with Gasteiger partial charge in [-0.15, -0.1) is 0 Å². The van der Waals surface area contributed by atoms with Crippen LogP contribution in [0.2, 0.25) is 25.1 Å². The molecule has 0 aliphatic rings. The van der Waals surface area contributed by atoms with Crippen LogP contribution in [-0.4, -0.2) is 5.12 Å². The summed E-state index contributed by atoms with van der Waals surface area (Å²) in [5.41, 5.74) is 0. The van der Waals surface area contributed by atoms with E-state index in [-0.39, 0.29) is 44.6 Å². The summed E-state index contributed by atoms with van der Waals surface area (Å²) in [6.07, 6.45) is 0. The van der Waals surface area contributed by atoms with Crippen LogP contribution in [-0.2, 0) is 4.79 Å². The van der Waals surface area contributed by atoms with Gasteiger partial charge in [-0.05, 0) is 11.8 Å². The van der Waals surface area contributed by atoms with Gasteiger partial charge in [-0.25, -0.2) is 0 Å². The van der Waals surface area contributed by atoms with Gasteiger partial charge in [0.05, 0.1) is 40.1 Å². The Morgan fingerprint density at radius 2 is 1.00 bits per heavy atom. The molecule has 0 radical (unpaired) electrons. The molecule has 1 aromatic rings. The second kappa shape index (κ2) is 9.53. The van der Waals surface area contributed by atoms with Crippen LogP contribution in [0.15, 0.2) is 24.5 Å². The number of halogens is 10. The number of allylic oxidation sites excluding steroid dienone is 2. The first-order chi connectivity index (χ1) is 10.5. The summed E-state index contributed by atoms with van der Waals surface area (Å²) in [4.78, 5) is 12.2. The minimum Gasteiger partial charge on any atom is -0.280 e. The van der Waals surface area contributed by atoms with Gasteiger partial charge in [-0.2, -0.15) is 0 Å². The van der Waals surface area contributed by atoms with E-state index in [0.717, 1.165) is 0 Å². The first-order valence-corrected chi connectivity index (χ1v) is 9.60. The minimum absolute atomic E-state index is 0.0419. The molecule has 0 saturated carbocycles. The van der Waals surface area contributed by atoms with E-state index < -0.39 is 10.1 Å². The fraction of sp³-hybridized carbons (Fsp3) is 0. The number of thioether (sulfide) groups is 1. The van der Waals surface area contributed by atoms with E-state index in [0.29, 0.717) is 11.8 Å². The molecule has 0 aliphatic heterocycles. The summed E-state index contributed by atoms with van der Waals surface area (Å²) < 4.78 is -0.360. The van der Waals surface area contributed by atoms with E-state index in [9.17, 15) is 4.79 Å². The molecule has 0 spiro atoms. The zero-order valence-electron chi connectivity index (χ0n) is 10.1. The summed E-state index contributed by atoms with van der Waals surface area (Å²) >= 11 is 58.5. The first-order valence-electron chi connectivity index (χ1n) is 5.00. The number of hydrogen-bond acceptors (Lipinski definition) is 2. The van der Waals surface area contributed by atoms with E-state index in [2.05, 4.69) is 0 Å². The van der Waals surface area contributed by atoms with Gasteiger partial charge in [0.2, 0.25) is 5.12 Å². The second-order valence-electron chi connectivity index (χ2n) is 3.49. The van der Waals surface area contributed by atoms with Gasteiger partial charge in [0.1, 0.15) is 9.52 Å². The average Bonchev–Trinajstić information content (AvgIpc) is 2.52. The number of rotatable bonds is 3. The Morgan fingerprint density at radius 1 is 0.609 bits per heavy atom. The summed E-state index contributed by atoms with van der Waals surface area (Å²) in [6.45, 7) is 0. The molecule has 1 nitrogen and oxygen atoms in total. The third-order valence-electron chi connectivity index (χ3n) is 2.09. The highest BCUT2D eigenvalue weighted by Crippen LogP contribution is 2.48. The van der Waals surface area contributed by atoms with Gasteiger partial charge >= 0.3 is 0 Å². The summed E-state index contributed by atoms with van der Waals surface area (Å²) in [5, 5.41) is -2.14. The molecule has 1 rings (SSSR count). The Balaban J connectivity index is 3.33. The topological polar surface area (TPSA) is 17.1 Å². The average molecular weight is 535 g/mol. The van der Waals surface area contributed by atoms with Crippen molar-refractivity contribution >= 4 is 133 Å². The van der Waals surface area contributed by atoms with Crippen LogP contribution >= 0.6 is 128 Å². The normalized spacial score (nSPS) is 12.1. The fourth-order valence-corrected chi connectivity index (χ4v) is 4.20. The molecule has 0 saturated heterocycles. The lowest BCUT2D eigenvalue weighted by Gasteiger charge is -2.11. The van der Waals surface area contributed by atoms with E-state index in [4.69, 9.17) is 116 Å². The van der Waals surface area contributed by atoms with Crippen molar-refractivity contribution in [3.8, 4) is 0 Å². The van der Waals surface area contributed by atoms with E-state index in [1.165, 1.54) is 0 Å². The highest BCUT2D eigenvalue weighted by molar-refractivity contribution is 8.14. The van der Waals surface area contributed by atoms with Crippen LogP contribution in [0.25, 0.3) is 0 Å². The van der Waals surface area contributed by atoms with E-state index >= 15 is 0 Å². The van der Waals surface area contributed by atoms with Crippen LogP contribution < -0.4 is 0 Å². The van der Waals surface area contributed by atoms with Crippen molar-refractivity contribution in [2.45, 2.75) is 4.90 Å². The zero-order valence-corrected chi connectivity index (χ0v) is 18.5. The van der Waals surface area contributed by atoms with Crippen LogP contribution in [0.1, 0.15) is 0 Å². The van der Waals surface area contributed by atoms with Gasteiger partial charge in [0.15, 0.2) is 0 Å². The molecule has 0 aliphatic carbocycles. The largest absolute Gasteiger partial charge is 0.280 e. The van der Waals surface area contributed by atoms with Gasteiger partial charge in [-0.3, -0.25) is 4.79 Å². The molecule has 23 heavy (non-hydrogen) atoms. The van der Waals surface area contributed by atoms with Crippen molar-refractivity contribution in [1.29, 1.82) is 0 Å². The molecule has 126 valence electrons. The Hall–Kier alpha value is 1.62. The molecule has 0 atom stereocenters. The van der Waals surface area contributed by atoms with E-state index in [1.54, 1.807) is 0 Å². The number of carbonyl (C=O) groups is 1. The molecule has 12 heteroatoms. The molecule has 0 fully saturated rings. The molecular weight excluding hydrogens is 535 g/mol. The molecule has 0 N–H and O–H groups in total. The predicted octanol–water partition coefficient (Wildman–Crippen LogP) is 9.15. The van der Waals surface area contributed by atoms with Crippen molar-refractivity contribution in [1.82, 2.24) is 0 Å². The van der Waals surface area contributed by atoms with Crippen LogP contribution in [0.3, 0.4) is 0 Å². The van der Waals surface area contributed by atoms with Crippen LogP contribution in [0.4, 0.5) is 0 Å². The Morgan fingerprint density at radius 3 is 1.39 bits per heavy atom. The van der Waals surface area contributed by atoms with Crippen molar-refractivity contribution in [2.75, 3.05) is 0 Å². The van der Waals surface area contributed by atoms with Gasteiger partial charge in [0, 0.05) is 0 Å². The highest BCUT2D eigenvalue weighted by atomic mass is 35.5. The SMILES string of the molecule is O=C(Sc1c(Cl)c(Cl)c(Cl)c(Cl)c1Cl)C(Cl)=C(Cl)C(Cl)=C(Cl)Cl. The lowest BCUT2D eigenvalue weighted by molar-refractivity contribution is -0.107. The van der Waals surface area contributed by atoms with Crippen LogP contribution in [0, 0.1) is 0 Å². The number of hydrogen-bond donors (Lipinski definition) is 0. The van der Waals surface area contributed by atoms with Crippen molar-refractivity contribution in [3.63, 3.8) is 0 Å². The standard InChI is InChI=1S/C11Cl10OS/c12-1-2(13)5(16)9(6(17)3(1)14)23-11(22)8(19)4(15)7(18)10(20)21. The molecule has 0 heterocycles. The summed E-state index contributed by atoms with van der Waals surface area (Å²) in [6, 6.07) is 0. The molecule has 0 amide bonds. The second-order valence-corrected chi connectivity index (χ2v) is 8.45. The van der Waals surface area contributed by atoms with Gasteiger partial charge < -0.3 is 0 Å². The van der Waals surface area contributed by atoms with Gasteiger partial charge in [0.25, 0.3) is 0 Å². The molecule has 1 aromatic carbocycles. The maximum absolute atomic E-state index is 12.2. The fourth-order valence-electron chi connectivity index (χ4n) is 1.08. The maximum atomic E-state index is 12.2. The van der Waals surface area contributed by atoms with Gasteiger partial charge in [-0.1, -0.05) is 116 Å². The monoisotopic (exact) mass is 530 g/mol.